The first kappa shape index (κ1) is 13.4. The Morgan fingerprint density at radius 3 is 2.00 bits per heavy atom. The zero-order chi connectivity index (χ0) is 12.3. The summed E-state index contributed by atoms with van der Waals surface area (Å²) in [5.74, 6) is 2.90. The quantitative estimate of drug-likeness (QED) is 0.707. The molecular formula is C16H30O. The first-order valence-electron chi connectivity index (χ1n) is 7.86. The van der Waals surface area contributed by atoms with Crippen LogP contribution in [0.4, 0.5) is 0 Å². The van der Waals surface area contributed by atoms with Gasteiger partial charge in [0.1, 0.15) is 0 Å². The molecule has 0 radical (unpaired) electrons. The highest BCUT2D eigenvalue weighted by Gasteiger charge is 2.33. The van der Waals surface area contributed by atoms with Gasteiger partial charge >= 0.3 is 0 Å². The molecule has 4 atom stereocenters. The first-order valence-corrected chi connectivity index (χ1v) is 7.86. The summed E-state index contributed by atoms with van der Waals surface area (Å²) in [4.78, 5) is 0. The monoisotopic (exact) mass is 238 g/mol. The predicted molar refractivity (Wildman–Crippen MR) is 72.9 cm³/mol. The fraction of sp³-hybridized carbons (Fsp3) is 1.00. The van der Waals surface area contributed by atoms with Crippen molar-refractivity contribution in [1.29, 1.82) is 0 Å². The zero-order valence-electron chi connectivity index (χ0n) is 11.7. The highest BCUT2D eigenvalue weighted by molar-refractivity contribution is 4.84. The van der Waals surface area contributed by atoms with E-state index < -0.39 is 0 Å². The molecule has 17 heavy (non-hydrogen) atoms. The van der Waals surface area contributed by atoms with Crippen LogP contribution in [0, 0.1) is 23.7 Å². The highest BCUT2D eigenvalue weighted by Crippen LogP contribution is 2.39. The van der Waals surface area contributed by atoms with E-state index in [4.69, 9.17) is 0 Å². The van der Waals surface area contributed by atoms with E-state index in [0.717, 1.165) is 11.8 Å². The lowest BCUT2D eigenvalue weighted by Crippen LogP contribution is -2.34. The first-order chi connectivity index (χ1) is 8.18. The maximum Gasteiger partial charge on any atom is 0.0596 e. The molecule has 0 aromatic rings. The summed E-state index contributed by atoms with van der Waals surface area (Å²) in [6, 6.07) is 0. The molecule has 1 nitrogen and oxygen atoms in total. The van der Waals surface area contributed by atoms with Crippen molar-refractivity contribution in [1.82, 2.24) is 0 Å². The normalized spacial score (nSPS) is 38.6. The van der Waals surface area contributed by atoms with E-state index >= 15 is 0 Å². The highest BCUT2D eigenvalue weighted by atomic mass is 16.3. The maximum absolute atomic E-state index is 10.6. The number of hydrogen-bond acceptors (Lipinski definition) is 1. The van der Waals surface area contributed by atoms with Gasteiger partial charge in [0, 0.05) is 0 Å². The van der Waals surface area contributed by atoms with Crippen LogP contribution in [0.5, 0.6) is 0 Å². The molecule has 1 heteroatoms. The van der Waals surface area contributed by atoms with E-state index in [1.165, 1.54) is 57.8 Å². The summed E-state index contributed by atoms with van der Waals surface area (Å²) in [7, 11) is 0. The summed E-state index contributed by atoms with van der Waals surface area (Å²) in [5, 5.41) is 10.6. The molecule has 2 aliphatic carbocycles. The van der Waals surface area contributed by atoms with Gasteiger partial charge < -0.3 is 5.11 Å². The van der Waals surface area contributed by atoms with Gasteiger partial charge in [-0.2, -0.15) is 0 Å². The van der Waals surface area contributed by atoms with Crippen LogP contribution >= 0.6 is 0 Å². The summed E-state index contributed by atoms with van der Waals surface area (Å²) < 4.78 is 0. The van der Waals surface area contributed by atoms with Crippen LogP contribution in [-0.4, -0.2) is 11.2 Å². The van der Waals surface area contributed by atoms with Gasteiger partial charge in [-0.25, -0.2) is 0 Å². The minimum absolute atomic E-state index is 0.00282. The lowest BCUT2D eigenvalue weighted by molar-refractivity contribution is 0.00908. The van der Waals surface area contributed by atoms with E-state index in [9.17, 15) is 5.11 Å². The number of rotatable bonds is 2. The van der Waals surface area contributed by atoms with Crippen LogP contribution in [0.3, 0.4) is 0 Å². The minimum atomic E-state index is 0.00282. The Morgan fingerprint density at radius 2 is 1.41 bits per heavy atom. The Bertz CT molecular complexity index is 218. The molecular weight excluding hydrogens is 208 g/mol. The van der Waals surface area contributed by atoms with E-state index in [-0.39, 0.29) is 6.10 Å². The molecule has 1 N–H and O–H groups in total. The minimum Gasteiger partial charge on any atom is -0.393 e. The van der Waals surface area contributed by atoms with Crippen molar-refractivity contribution in [2.24, 2.45) is 23.7 Å². The van der Waals surface area contributed by atoms with Gasteiger partial charge in [0.05, 0.1) is 6.10 Å². The van der Waals surface area contributed by atoms with Crippen LogP contribution < -0.4 is 0 Å². The van der Waals surface area contributed by atoms with Gasteiger partial charge in [0.15, 0.2) is 0 Å². The van der Waals surface area contributed by atoms with E-state index in [1.807, 2.05) is 0 Å². The molecule has 0 saturated heterocycles. The average Bonchev–Trinajstić information content (AvgIpc) is 2.60. The van der Waals surface area contributed by atoms with Gasteiger partial charge in [-0.3, -0.25) is 0 Å². The predicted octanol–water partition coefficient (Wildman–Crippen LogP) is 4.39. The molecule has 0 aromatic carbocycles. The average molecular weight is 238 g/mol. The lowest BCUT2D eigenvalue weighted by atomic mass is 9.71. The summed E-state index contributed by atoms with van der Waals surface area (Å²) in [6.07, 6.45) is 11.9. The third-order valence-electron chi connectivity index (χ3n) is 5.50. The maximum atomic E-state index is 10.6. The molecule has 0 aliphatic heterocycles. The van der Waals surface area contributed by atoms with Crippen LogP contribution in [0.1, 0.15) is 71.6 Å². The lowest BCUT2D eigenvalue weighted by Gasteiger charge is -2.37. The van der Waals surface area contributed by atoms with E-state index in [1.54, 1.807) is 0 Å². The van der Waals surface area contributed by atoms with Crippen molar-refractivity contribution in [2.45, 2.75) is 77.7 Å². The Hall–Kier alpha value is -0.0400. The Kier molecular flexibility index (Phi) is 4.90. The molecule has 0 bridgehead atoms. The molecule has 2 rings (SSSR count). The van der Waals surface area contributed by atoms with Gasteiger partial charge in [0.2, 0.25) is 0 Å². The second kappa shape index (κ2) is 6.22. The van der Waals surface area contributed by atoms with Gasteiger partial charge in [0.25, 0.3) is 0 Å². The Labute approximate surface area is 107 Å². The SMILES string of the molecule is CC1CCC(C(O)C2CCCCCC2)CC1C. The third-order valence-corrected chi connectivity index (χ3v) is 5.50. The standard InChI is InChI=1S/C16H30O/c1-12-9-10-15(11-13(12)2)16(17)14-7-5-3-4-6-8-14/h12-17H,3-11H2,1-2H3. The van der Waals surface area contributed by atoms with Gasteiger partial charge in [-0.15, -0.1) is 0 Å². The van der Waals surface area contributed by atoms with Crippen molar-refractivity contribution in [2.75, 3.05) is 0 Å². The summed E-state index contributed by atoms with van der Waals surface area (Å²) >= 11 is 0. The van der Waals surface area contributed by atoms with Crippen molar-refractivity contribution in [3.8, 4) is 0 Å². The number of aliphatic hydroxyl groups excluding tert-OH is 1. The second-order valence-electron chi connectivity index (χ2n) is 6.77. The Morgan fingerprint density at radius 1 is 0.765 bits per heavy atom. The zero-order valence-corrected chi connectivity index (χ0v) is 11.7. The molecule has 2 saturated carbocycles. The molecule has 0 amide bonds. The fourth-order valence-corrected chi connectivity index (χ4v) is 3.94. The van der Waals surface area contributed by atoms with Gasteiger partial charge in [-0.1, -0.05) is 46.0 Å². The fourth-order valence-electron chi connectivity index (χ4n) is 3.94. The molecule has 0 heterocycles. The van der Waals surface area contributed by atoms with Crippen LogP contribution in [-0.2, 0) is 0 Å². The summed E-state index contributed by atoms with van der Waals surface area (Å²) in [6.45, 7) is 4.75. The van der Waals surface area contributed by atoms with Crippen molar-refractivity contribution in [3.05, 3.63) is 0 Å². The third kappa shape index (κ3) is 3.47. The smallest absolute Gasteiger partial charge is 0.0596 e. The molecule has 0 aromatic heterocycles. The van der Waals surface area contributed by atoms with Gasteiger partial charge in [-0.05, 0) is 49.4 Å². The largest absolute Gasteiger partial charge is 0.393 e. The molecule has 100 valence electrons. The van der Waals surface area contributed by atoms with Crippen molar-refractivity contribution < 1.29 is 5.11 Å². The van der Waals surface area contributed by atoms with Crippen molar-refractivity contribution >= 4 is 0 Å². The van der Waals surface area contributed by atoms with Crippen molar-refractivity contribution in [3.63, 3.8) is 0 Å². The topological polar surface area (TPSA) is 20.2 Å². The molecule has 0 spiro atoms. The molecule has 2 aliphatic rings. The van der Waals surface area contributed by atoms with Crippen LogP contribution in [0.2, 0.25) is 0 Å². The molecule has 4 unspecified atom stereocenters. The molecule has 2 fully saturated rings. The van der Waals surface area contributed by atoms with E-state index in [0.29, 0.717) is 11.8 Å². The number of hydrogen-bond donors (Lipinski definition) is 1. The Balaban J connectivity index is 1.87. The number of aliphatic hydroxyl groups is 1. The van der Waals surface area contributed by atoms with Crippen LogP contribution in [0.25, 0.3) is 0 Å². The second-order valence-corrected chi connectivity index (χ2v) is 6.77. The van der Waals surface area contributed by atoms with Crippen LogP contribution in [0.15, 0.2) is 0 Å². The van der Waals surface area contributed by atoms with E-state index in [2.05, 4.69) is 13.8 Å². The summed E-state index contributed by atoms with van der Waals surface area (Å²) in [5.41, 5.74) is 0.